The predicted octanol–water partition coefficient (Wildman–Crippen LogP) is 5.74. The van der Waals surface area contributed by atoms with Crippen LogP contribution in [0, 0.1) is 0 Å². The molecule has 1 amide bonds. The van der Waals surface area contributed by atoms with Gasteiger partial charge in [-0.05, 0) is 34.6 Å². The average Bonchev–Trinajstić information content (AvgIpc) is 3.35. The van der Waals surface area contributed by atoms with E-state index in [1.54, 1.807) is 11.3 Å². The molecule has 3 nitrogen and oxygen atoms in total. The molecule has 4 heteroatoms. The lowest BCUT2D eigenvalue weighted by atomic mass is 9.96. The number of amides is 1. The van der Waals surface area contributed by atoms with Crippen LogP contribution >= 0.6 is 11.3 Å². The summed E-state index contributed by atoms with van der Waals surface area (Å²) in [4.78, 5) is 16.9. The van der Waals surface area contributed by atoms with Gasteiger partial charge in [0.2, 0.25) is 0 Å². The van der Waals surface area contributed by atoms with Gasteiger partial charge in [0.1, 0.15) is 0 Å². The van der Waals surface area contributed by atoms with Crippen LogP contribution in [-0.4, -0.2) is 36.5 Å². The molecule has 1 fully saturated rings. The topological polar surface area (TPSA) is 32.3 Å². The zero-order valence-electron chi connectivity index (χ0n) is 17.9. The fourth-order valence-electron chi connectivity index (χ4n) is 4.49. The number of hydrogen-bond acceptors (Lipinski definition) is 3. The van der Waals surface area contributed by atoms with Crippen LogP contribution in [-0.2, 0) is 6.42 Å². The molecule has 32 heavy (non-hydrogen) atoms. The Balaban J connectivity index is 1.48. The Hall–Kier alpha value is -3.21. The second-order valence-electron chi connectivity index (χ2n) is 8.12. The summed E-state index contributed by atoms with van der Waals surface area (Å²) in [6.45, 7) is 2.38. The molecule has 1 atom stereocenters. The molecular formula is C28H26N2OS. The Bertz CT molecular complexity index is 1190. The molecule has 160 valence electrons. The van der Waals surface area contributed by atoms with Gasteiger partial charge in [-0.3, -0.25) is 4.79 Å². The first kappa shape index (κ1) is 20.7. The number of benzene rings is 3. The first-order valence-corrected chi connectivity index (χ1v) is 12.0. The quantitative estimate of drug-likeness (QED) is 0.431. The molecule has 1 aliphatic rings. The largest absolute Gasteiger partial charge is 0.333 e. The van der Waals surface area contributed by atoms with Crippen LogP contribution in [0.25, 0.3) is 21.6 Å². The number of carbonyl (C=O) groups excluding carboxylic acids is 1. The molecular weight excluding hydrogens is 412 g/mol. The maximum atomic E-state index is 13.8. The molecule has 1 aliphatic heterocycles. The number of thiophene rings is 1. The molecule has 4 aromatic rings. The molecule has 2 heterocycles. The number of hydrogen-bond donors (Lipinski definition) is 1. The van der Waals surface area contributed by atoms with Gasteiger partial charge < -0.3 is 10.2 Å². The average molecular weight is 439 g/mol. The van der Waals surface area contributed by atoms with Crippen LogP contribution in [0.3, 0.4) is 0 Å². The summed E-state index contributed by atoms with van der Waals surface area (Å²) in [5.41, 5.74) is 5.51. The molecule has 0 aliphatic carbocycles. The monoisotopic (exact) mass is 438 g/mol. The standard InChI is InChI=1S/C28H26N2OS/c31-28(30-17-16-29-20-23(30)19-21-9-3-1-4-10-21)26-15-18-32-27(26)25-14-8-7-13-24(25)22-11-5-2-6-12-22/h1-15,18,23,29H,16-17,19-20H2. The van der Waals surface area contributed by atoms with Gasteiger partial charge in [0.25, 0.3) is 5.91 Å². The third kappa shape index (κ3) is 4.24. The third-order valence-corrected chi connectivity index (χ3v) is 7.03. The SMILES string of the molecule is O=C(c1ccsc1-c1ccccc1-c1ccccc1)N1CCNCC1Cc1ccccc1. The molecule has 1 unspecified atom stereocenters. The van der Waals surface area contributed by atoms with Crippen LogP contribution in [0.4, 0.5) is 0 Å². The van der Waals surface area contributed by atoms with Gasteiger partial charge in [-0.1, -0.05) is 84.9 Å². The normalized spacial score (nSPS) is 16.1. The van der Waals surface area contributed by atoms with Gasteiger partial charge in [-0.2, -0.15) is 0 Å². The second kappa shape index (κ2) is 9.51. The second-order valence-corrected chi connectivity index (χ2v) is 9.04. The van der Waals surface area contributed by atoms with Gasteiger partial charge in [0.05, 0.1) is 5.56 Å². The summed E-state index contributed by atoms with van der Waals surface area (Å²) in [6.07, 6.45) is 0.861. The van der Waals surface area contributed by atoms with Gasteiger partial charge in [0.15, 0.2) is 0 Å². The third-order valence-electron chi connectivity index (χ3n) is 6.08. The first-order valence-electron chi connectivity index (χ1n) is 11.1. The summed E-state index contributed by atoms with van der Waals surface area (Å²) in [6, 6.07) is 31.4. The molecule has 0 bridgehead atoms. The summed E-state index contributed by atoms with van der Waals surface area (Å²) >= 11 is 1.65. The summed E-state index contributed by atoms with van der Waals surface area (Å²) in [5, 5.41) is 5.51. The fraction of sp³-hybridized carbons (Fsp3) is 0.179. The summed E-state index contributed by atoms with van der Waals surface area (Å²) < 4.78 is 0. The molecule has 5 rings (SSSR count). The van der Waals surface area contributed by atoms with E-state index in [0.717, 1.165) is 47.6 Å². The van der Waals surface area contributed by atoms with Gasteiger partial charge in [-0.25, -0.2) is 0 Å². The minimum absolute atomic E-state index is 0.131. The van der Waals surface area contributed by atoms with E-state index in [2.05, 4.69) is 83.0 Å². The molecule has 3 aromatic carbocycles. The lowest BCUT2D eigenvalue weighted by molar-refractivity contribution is 0.0637. The minimum atomic E-state index is 0.131. The molecule has 1 N–H and O–H groups in total. The van der Waals surface area contributed by atoms with Crippen LogP contribution in [0.5, 0.6) is 0 Å². The van der Waals surface area contributed by atoms with E-state index in [1.165, 1.54) is 11.1 Å². The first-order chi connectivity index (χ1) is 15.8. The number of piperazine rings is 1. The van der Waals surface area contributed by atoms with E-state index < -0.39 is 0 Å². The van der Waals surface area contributed by atoms with E-state index >= 15 is 0 Å². The summed E-state index contributed by atoms with van der Waals surface area (Å²) in [5.74, 6) is 0.131. The highest BCUT2D eigenvalue weighted by molar-refractivity contribution is 7.14. The highest BCUT2D eigenvalue weighted by atomic mass is 32.1. The van der Waals surface area contributed by atoms with Crippen molar-refractivity contribution in [1.82, 2.24) is 10.2 Å². The Morgan fingerprint density at radius 2 is 1.56 bits per heavy atom. The van der Waals surface area contributed by atoms with Crippen molar-refractivity contribution >= 4 is 17.2 Å². The van der Waals surface area contributed by atoms with Gasteiger partial charge >= 0.3 is 0 Å². The Kier molecular flexibility index (Phi) is 6.15. The van der Waals surface area contributed by atoms with E-state index in [4.69, 9.17) is 0 Å². The van der Waals surface area contributed by atoms with Crippen molar-refractivity contribution in [1.29, 1.82) is 0 Å². The Labute approximate surface area is 193 Å². The van der Waals surface area contributed by atoms with E-state index in [9.17, 15) is 4.79 Å². The maximum absolute atomic E-state index is 13.8. The van der Waals surface area contributed by atoms with Crippen LogP contribution in [0.1, 0.15) is 15.9 Å². The van der Waals surface area contributed by atoms with Crippen molar-refractivity contribution in [2.24, 2.45) is 0 Å². The highest BCUT2D eigenvalue weighted by Crippen LogP contribution is 2.38. The lowest BCUT2D eigenvalue weighted by Gasteiger charge is -2.36. The number of nitrogens with zero attached hydrogens (tertiary/aromatic N) is 1. The van der Waals surface area contributed by atoms with E-state index in [0.29, 0.717) is 0 Å². The Morgan fingerprint density at radius 1 is 0.875 bits per heavy atom. The smallest absolute Gasteiger partial charge is 0.255 e. The van der Waals surface area contributed by atoms with Crippen molar-refractivity contribution < 1.29 is 4.79 Å². The number of nitrogens with one attached hydrogen (secondary N) is 1. The van der Waals surface area contributed by atoms with E-state index in [-0.39, 0.29) is 11.9 Å². The van der Waals surface area contributed by atoms with Crippen molar-refractivity contribution in [3.63, 3.8) is 0 Å². The minimum Gasteiger partial charge on any atom is -0.333 e. The van der Waals surface area contributed by atoms with Gasteiger partial charge in [-0.15, -0.1) is 11.3 Å². The summed E-state index contributed by atoms with van der Waals surface area (Å²) in [7, 11) is 0. The Morgan fingerprint density at radius 3 is 2.34 bits per heavy atom. The van der Waals surface area contributed by atoms with Crippen molar-refractivity contribution in [2.75, 3.05) is 19.6 Å². The molecule has 0 radical (unpaired) electrons. The molecule has 0 saturated carbocycles. The molecule has 1 aromatic heterocycles. The molecule has 1 saturated heterocycles. The number of carbonyl (C=O) groups is 1. The fourth-order valence-corrected chi connectivity index (χ4v) is 5.42. The maximum Gasteiger partial charge on any atom is 0.255 e. The van der Waals surface area contributed by atoms with Crippen LogP contribution in [0.2, 0.25) is 0 Å². The predicted molar refractivity (Wildman–Crippen MR) is 133 cm³/mol. The zero-order valence-corrected chi connectivity index (χ0v) is 18.7. The van der Waals surface area contributed by atoms with Crippen molar-refractivity contribution in [3.8, 4) is 21.6 Å². The van der Waals surface area contributed by atoms with Crippen molar-refractivity contribution in [3.05, 3.63) is 108 Å². The number of rotatable bonds is 5. The van der Waals surface area contributed by atoms with E-state index in [1.807, 2.05) is 23.6 Å². The van der Waals surface area contributed by atoms with Crippen molar-refractivity contribution in [2.45, 2.75) is 12.5 Å². The zero-order chi connectivity index (χ0) is 21.8. The van der Waals surface area contributed by atoms with Gasteiger partial charge in [0, 0.05) is 36.1 Å². The highest BCUT2D eigenvalue weighted by Gasteiger charge is 2.29. The van der Waals surface area contributed by atoms with Crippen LogP contribution < -0.4 is 5.32 Å². The van der Waals surface area contributed by atoms with Crippen LogP contribution in [0.15, 0.2) is 96.4 Å². The lowest BCUT2D eigenvalue weighted by Crippen LogP contribution is -2.54. The molecule has 0 spiro atoms.